The van der Waals surface area contributed by atoms with Crippen LogP contribution >= 0.6 is 0 Å². The van der Waals surface area contributed by atoms with Crippen molar-refractivity contribution < 1.29 is 9.59 Å². The Kier molecular flexibility index (Phi) is 6.63. The minimum Gasteiger partial charge on any atom is -0.303 e. The lowest BCUT2D eigenvalue weighted by Crippen LogP contribution is -2.15. The van der Waals surface area contributed by atoms with Crippen LogP contribution in [-0.2, 0) is 9.59 Å². The summed E-state index contributed by atoms with van der Waals surface area (Å²) in [5.41, 5.74) is 0. The second-order valence-electron chi connectivity index (χ2n) is 3.10. The van der Waals surface area contributed by atoms with Crippen LogP contribution in [0.1, 0.15) is 46.0 Å². The lowest BCUT2D eigenvalue weighted by molar-refractivity contribution is -0.127. The van der Waals surface area contributed by atoms with E-state index in [2.05, 4.69) is 6.92 Å². The van der Waals surface area contributed by atoms with E-state index in [9.17, 15) is 9.59 Å². The quantitative estimate of drug-likeness (QED) is 0.434. The molecule has 0 aromatic rings. The van der Waals surface area contributed by atoms with Crippen molar-refractivity contribution >= 4 is 12.1 Å². The van der Waals surface area contributed by atoms with Crippen LogP contribution in [0.3, 0.4) is 0 Å². The van der Waals surface area contributed by atoms with Crippen molar-refractivity contribution in [1.82, 2.24) is 0 Å². The highest BCUT2D eigenvalue weighted by Crippen LogP contribution is 2.09. The average molecular weight is 170 g/mol. The Morgan fingerprint density at radius 3 is 2.42 bits per heavy atom. The highest BCUT2D eigenvalue weighted by molar-refractivity contribution is 5.93. The Balaban J connectivity index is 3.79. The smallest absolute Gasteiger partial charge is 0.143 e. The van der Waals surface area contributed by atoms with Gasteiger partial charge >= 0.3 is 0 Å². The molecule has 0 aliphatic heterocycles. The minimum absolute atomic E-state index is 0.112. The fourth-order valence-electron chi connectivity index (χ4n) is 1.16. The number of carbonyl (C=O) groups is 2. The molecule has 0 aromatic carbocycles. The molecule has 1 atom stereocenters. The van der Waals surface area contributed by atoms with Crippen molar-refractivity contribution in [2.75, 3.05) is 0 Å². The molecule has 0 N–H and O–H groups in total. The van der Waals surface area contributed by atoms with Crippen LogP contribution in [0.4, 0.5) is 0 Å². The molecule has 70 valence electrons. The van der Waals surface area contributed by atoms with E-state index in [-0.39, 0.29) is 11.7 Å². The molecule has 1 unspecified atom stereocenters. The zero-order chi connectivity index (χ0) is 9.40. The molecule has 0 aliphatic rings. The van der Waals surface area contributed by atoms with E-state index in [1.54, 1.807) is 0 Å². The van der Waals surface area contributed by atoms with Gasteiger partial charge < -0.3 is 4.79 Å². The number of hydrogen-bond acceptors (Lipinski definition) is 2. The number of carbonyl (C=O) groups excluding carboxylic acids is 2. The third kappa shape index (κ3) is 4.27. The number of Topliss-reactive ketones (excluding diaryl/α,β-unsaturated/α-hetero) is 1. The number of rotatable bonds is 7. The third-order valence-corrected chi connectivity index (χ3v) is 1.94. The van der Waals surface area contributed by atoms with Gasteiger partial charge in [-0.2, -0.15) is 0 Å². The van der Waals surface area contributed by atoms with Gasteiger partial charge in [0.25, 0.3) is 0 Å². The Labute approximate surface area is 74.3 Å². The first kappa shape index (κ1) is 11.3. The largest absolute Gasteiger partial charge is 0.303 e. The normalized spacial score (nSPS) is 12.5. The molecule has 0 radical (unpaired) electrons. The summed E-state index contributed by atoms with van der Waals surface area (Å²) < 4.78 is 0. The van der Waals surface area contributed by atoms with Gasteiger partial charge in [0.2, 0.25) is 0 Å². The molecule has 0 aliphatic carbocycles. The standard InChI is InChI=1S/C10H18O2/c1-3-5-7-9(8-11)10(12)6-4-2/h8-9H,3-7H2,1-2H3. The van der Waals surface area contributed by atoms with Gasteiger partial charge in [-0.1, -0.05) is 26.7 Å². The minimum atomic E-state index is -0.329. The zero-order valence-electron chi connectivity index (χ0n) is 8.01. The van der Waals surface area contributed by atoms with Crippen LogP contribution in [0.5, 0.6) is 0 Å². The van der Waals surface area contributed by atoms with Gasteiger partial charge in [0, 0.05) is 6.42 Å². The Bertz CT molecular complexity index is 141. The molecule has 2 nitrogen and oxygen atoms in total. The lowest BCUT2D eigenvalue weighted by Gasteiger charge is -2.06. The molecule has 0 saturated heterocycles. The molecule has 12 heavy (non-hydrogen) atoms. The second-order valence-corrected chi connectivity index (χ2v) is 3.10. The topological polar surface area (TPSA) is 34.1 Å². The first-order valence-corrected chi connectivity index (χ1v) is 4.74. The SMILES string of the molecule is CCCCC(C=O)C(=O)CCC. The van der Waals surface area contributed by atoms with Gasteiger partial charge in [0.05, 0.1) is 5.92 Å². The fraction of sp³-hybridized carbons (Fsp3) is 0.800. The second kappa shape index (κ2) is 7.01. The number of unbranched alkanes of at least 4 members (excludes halogenated alkanes) is 1. The third-order valence-electron chi connectivity index (χ3n) is 1.94. The van der Waals surface area contributed by atoms with Crippen molar-refractivity contribution in [2.45, 2.75) is 46.0 Å². The summed E-state index contributed by atoms with van der Waals surface area (Å²) in [4.78, 5) is 21.8. The molecule has 0 saturated carbocycles. The number of hydrogen-bond donors (Lipinski definition) is 0. The highest BCUT2D eigenvalue weighted by Gasteiger charge is 2.14. The molecule has 0 rings (SSSR count). The summed E-state index contributed by atoms with van der Waals surface area (Å²) in [6.07, 6.45) is 4.94. The van der Waals surface area contributed by atoms with Gasteiger partial charge in [0.1, 0.15) is 12.1 Å². The van der Waals surface area contributed by atoms with Crippen LogP contribution in [0.15, 0.2) is 0 Å². The molecule has 0 heterocycles. The zero-order valence-corrected chi connectivity index (χ0v) is 8.01. The summed E-state index contributed by atoms with van der Waals surface area (Å²) in [5.74, 6) is -0.217. The first-order chi connectivity index (χ1) is 5.76. The Hall–Kier alpha value is -0.660. The van der Waals surface area contributed by atoms with Crippen molar-refractivity contribution in [1.29, 1.82) is 0 Å². The molecular formula is C10H18O2. The average Bonchev–Trinajstić information content (AvgIpc) is 2.06. The van der Waals surface area contributed by atoms with Gasteiger partial charge in [-0.3, -0.25) is 4.79 Å². The highest BCUT2D eigenvalue weighted by atomic mass is 16.1. The van der Waals surface area contributed by atoms with Gasteiger partial charge in [-0.05, 0) is 12.8 Å². The molecule has 0 fully saturated rings. The maximum Gasteiger partial charge on any atom is 0.143 e. The Morgan fingerprint density at radius 2 is 2.00 bits per heavy atom. The first-order valence-electron chi connectivity index (χ1n) is 4.74. The predicted molar refractivity (Wildman–Crippen MR) is 49.0 cm³/mol. The monoisotopic (exact) mass is 170 g/mol. The van der Waals surface area contributed by atoms with Crippen molar-refractivity contribution in [3.63, 3.8) is 0 Å². The van der Waals surface area contributed by atoms with Gasteiger partial charge in [0.15, 0.2) is 0 Å². The van der Waals surface area contributed by atoms with E-state index in [0.717, 1.165) is 32.0 Å². The van der Waals surface area contributed by atoms with E-state index in [0.29, 0.717) is 6.42 Å². The van der Waals surface area contributed by atoms with E-state index in [1.165, 1.54) is 0 Å². The summed E-state index contributed by atoms with van der Waals surface area (Å²) in [6.45, 7) is 4.02. The van der Waals surface area contributed by atoms with Crippen LogP contribution in [-0.4, -0.2) is 12.1 Å². The van der Waals surface area contributed by atoms with E-state index >= 15 is 0 Å². The van der Waals surface area contributed by atoms with Crippen LogP contribution in [0.25, 0.3) is 0 Å². The summed E-state index contributed by atoms with van der Waals surface area (Å²) in [5, 5.41) is 0. The fourth-order valence-corrected chi connectivity index (χ4v) is 1.16. The Morgan fingerprint density at radius 1 is 1.33 bits per heavy atom. The molecule has 0 amide bonds. The number of aldehydes is 1. The molecule has 2 heteroatoms. The van der Waals surface area contributed by atoms with E-state index in [1.807, 2.05) is 6.92 Å². The summed E-state index contributed by atoms with van der Waals surface area (Å²) >= 11 is 0. The predicted octanol–water partition coefficient (Wildman–Crippen LogP) is 2.36. The van der Waals surface area contributed by atoms with Gasteiger partial charge in [-0.25, -0.2) is 0 Å². The van der Waals surface area contributed by atoms with Crippen molar-refractivity contribution in [2.24, 2.45) is 5.92 Å². The van der Waals surface area contributed by atoms with Gasteiger partial charge in [-0.15, -0.1) is 0 Å². The molecule has 0 aromatic heterocycles. The van der Waals surface area contributed by atoms with Crippen molar-refractivity contribution in [3.05, 3.63) is 0 Å². The van der Waals surface area contributed by atoms with Crippen LogP contribution < -0.4 is 0 Å². The molecular weight excluding hydrogens is 152 g/mol. The van der Waals surface area contributed by atoms with E-state index < -0.39 is 0 Å². The molecule has 0 spiro atoms. The maximum absolute atomic E-state index is 11.2. The number of ketones is 1. The van der Waals surface area contributed by atoms with Crippen molar-refractivity contribution in [3.8, 4) is 0 Å². The van der Waals surface area contributed by atoms with Crippen LogP contribution in [0, 0.1) is 5.92 Å². The lowest BCUT2D eigenvalue weighted by atomic mass is 9.96. The van der Waals surface area contributed by atoms with Crippen LogP contribution in [0.2, 0.25) is 0 Å². The molecule has 0 bridgehead atoms. The summed E-state index contributed by atoms with van der Waals surface area (Å²) in [6, 6.07) is 0. The van der Waals surface area contributed by atoms with E-state index in [4.69, 9.17) is 0 Å². The summed E-state index contributed by atoms with van der Waals surface area (Å²) in [7, 11) is 0. The maximum atomic E-state index is 11.2.